The molecule has 2 aliphatic rings. The maximum absolute atomic E-state index is 13.6. The first kappa shape index (κ1) is 25.3. The molecule has 3 aromatic carbocycles. The minimum absolute atomic E-state index is 0.00726. The van der Waals surface area contributed by atoms with Crippen LogP contribution in [0, 0.1) is 6.92 Å². The number of hydrogen-bond donors (Lipinski definition) is 2. The summed E-state index contributed by atoms with van der Waals surface area (Å²) in [6, 6.07) is 23.8. The molecule has 3 aromatic rings. The van der Waals surface area contributed by atoms with Crippen molar-refractivity contribution in [2.24, 2.45) is 0 Å². The number of thioether (sulfide) groups is 1. The van der Waals surface area contributed by atoms with Crippen molar-refractivity contribution in [3.05, 3.63) is 100.0 Å². The Bertz CT molecular complexity index is 1300. The molecule has 6 heteroatoms. The van der Waals surface area contributed by atoms with E-state index in [0.717, 1.165) is 34.7 Å². The number of anilines is 1. The van der Waals surface area contributed by atoms with Gasteiger partial charge in [0.2, 0.25) is 0 Å². The first-order valence-electron chi connectivity index (χ1n) is 13.1. The van der Waals surface area contributed by atoms with E-state index in [0.29, 0.717) is 23.6 Å². The van der Waals surface area contributed by atoms with Crippen LogP contribution in [0.5, 0.6) is 0 Å². The van der Waals surface area contributed by atoms with Gasteiger partial charge in [0.15, 0.2) is 0 Å². The van der Waals surface area contributed by atoms with Gasteiger partial charge in [-0.2, -0.15) is 0 Å². The van der Waals surface area contributed by atoms with E-state index in [1.165, 1.54) is 43.3 Å². The standard InChI is InChI=1S/C31H33N3O2S/c1-23-8-6-9-25(20-23)22-34-27-10-2-3-11-28(27)37-29(31(34)36)21-24-12-14-26(15-13-24)30(35)32-16-7-19-33-17-4-5-18-33/h2-3,6,8-15,20-21H,4-5,7,16-19,22H2,1H3,(H,32,35)/p+1. The number of para-hydroxylation sites is 1. The summed E-state index contributed by atoms with van der Waals surface area (Å²) in [6.07, 6.45) is 5.58. The van der Waals surface area contributed by atoms with Crippen molar-refractivity contribution in [3.63, 3.8) is 0 Å². The number of fused-ring (bicyclic) bond motifs is 1. The minimum Gasteiger partial charge on any atom is -0.352 e. The smallest absolute Gasteiger partial charge is 0.265 e. The molecule has 1 fully saturated rings. The molecule has 2 amide bonds. The van der Waals surface area contributed by atoms with Crippen molar-refractivity contribution in [1.82, 2.24) is 5.32 Å². The Hall–Kier alpha value is -3.35. The van der Waals surface area contributed by atoms with Crippen LogP contribution < -0.4 is 15.1 Å². The molecule has 0 radical (unpaired) electrons. The third kappa shape index (κ3) is 6.32. The molecule has 0 bridgehead atoms. The van der Waals surface area contributed by atoms with Crippen LogP contribution in [0.3, 0.4) is 0 Å². The molecule has 2 aliphatic heterocycles. The maximum Gasteiger partial charge on any atom is 0.265 e. The Morgan fingerprint density at radius 1 is 1.03 bits per heavy atom. The summed E-state index contributed by atoms with van der Waals surface area (Å²) in [5.41, 5.74) is 4.77. The van der Waals surface area contributed by atoms with Gasteiger partial charge in [-0.05, 0) is 48.4 Å². The molecule has 5 rings (SSSR count). The lowest BCUT2D eigenvalue weighted by molar-refractivity contribution is -0.887. The average Bonchev–Trinajstić information content (AvgIpc) is 3.43. The number of benzene rings is 3. The predicted molar refractivity (Wildman–Crippen MR) is 151 cm³/mol. The zero-order valence-electron chi connectivity index (χ0n) is 21.3. The summed E-state index contributed by atoms with van der Waals surface area (Å²) in [6.45, 7) is 6.95. The number of carbonyl (C=O) groups excluding carboxylic acids is 2. The van der Waals surface area contributed by atoms with Crippen LogP contribution in [0.4, 0.5) is 5.69 Å². The number of likely N-dealkylation sites (tertiary alicyclic amines) is 1. The van der Waals surface area contributed by atoms with Crippen molar-refractivity contribution < 1.29 is 14.5 Å². The van der Waals surface area contributed by atoms with Gasteiger partial charge in [-0.1, -0.05) is 65.9 Å². The van der Waals surface area contributed by atoms with Crippen molar-refractivity contribution in [1.29, 1.82) is 0 Å². The van der Waals surface area contributed by atoms with Gasteiger partial charge in [0.1, 0.15) is 0 Å². The third-order valence-electron chi connectivity index (χ3n) is 7.03. The van der Waals surface area contributed by atoms with Crippen LogP contribution in [-0.2, 0) is 11.3 Å². The Labute approximate surface area is 223 Å². The second-order valence-corrected chi connectivity index (χ2v) is 11.0. The van der Waals surface area contributed by atoms with Gasteiger partial charge in [-0.3, -0.25) is 9.59 Å². The molecule has 2 heterocycles. The molecule has 1 saturated heterocycles. The summed E-state index contributed by atoms with van der Waals surface area (Å²) < 4.78 is 0. The number of nitrogens with zero attached hydrogens (tertiary/aromatic N) is 1. The monoisotopic (exact) mass is 512 g/mol. The maximum atomic E-state index is 13.6. The number of quaternary nitrogens is 1. The zero-order chi connectivity index (χ0) is 25.6. The van der Waals surface area contributed by atoms with E-state index in [4.69, 9.17) is 0 Å². The number of aryl methyl sites for hydroxylation is 1. The molecule has 0 saturated carbocycles. The number of hydrogen-bond acceptors (Lipinski definition) is 3. The average molecular weight is 513 g/mol. The van der Waals surface area contributed by atoms with Crippen molar-refractivity contribution >= 4 is 35.3 Å². The SMILES string of the molecule is Cc1cccc(CN2C(=O)C(=Cc3ccc(C(=O)NCCC[NH+]4CCCC4)cc3)Sc3ccccc32)c1. The highest BCUT2D eigenvalue weighted by Crippen LogP contribution is 2.42. The van der Waals surface area contributed by atoms with Gasteiger partial charge < -0.3 is 15.1 Å². The van der Waals surface area contributed by atoms with Crippen LogP contribution in [0.2, 0.25) is 0 Å². The predicted octanol–water partition coefficient (Wildman–Crippen LogP) is 4.47. The molecule has 190 valence electrons. The van der Waals surface area contributed by atoms with Crippen LogP contribution in [0.25, 0.3) is 6.08 Å². The number of amides is 2. The molecular formula is C31H34N3O2S+. The lowest BCUT2D eigenvalue weighted by Gasteiger charge is -2.30. The second-order valence-electron chi connectivity index (χ2n) is 9.90. The Balaban J connectivity index is 1.26. The quantitative estimate of drug-likeness (QED) is 0.346. The summed E-state index contributed by atoms with van der Waals surface area (Å²) >= 11 is 1.50. The highest BCUT2D eigenvalue weighted by atomic mass is 32.2. The van der Waals surface area contributed by atoms with E-state index in [-0.39, 0.29) is 11.8 Å². The Kier molecular flexibility index (Phi) is 8.07. The van der Waals surface area contributed by atoms with Gasteiger partial charge in [0.25, 0.3) is 11.8 Å². The van der Waals surface area contributed by atoms with Crippen LogP contribution >= 0.6 is 11.8 Å². The van der Waals surface area contributed by atoms with Gasteiger partial charge in [0, 0.05) is 36.3 Å². The summed E-state index contributed by atoms with van der Waals surface area (Å²) in [5, 5.41) is 3.04. The van der Waals surface area contributed by atoms with Crippen molar-refractivity contribution in [3.8, 4) is 0 Å². The lowest BCUT2D eigenvalue weighted by Crippen LogP contribution is -3.10. The number of carbonyl (C=O) groups is 2. The fourth-order valence-electron chi connectivity index (χ4n) is 5.06. The van der Waals surface area contributed by atoms with Crippen molar-refractivity contribution in [2.45, 2.75) is 37.6 Å². The Morgan fingerprint density at radius 3 is 2.59 bits per heavy atom. The summed E-state index contributed by atoms with van der Waals surface area (Å²) in [7, 11) is 0. The summed E-state index contributed by atoms with van der Waals surface area (Å²) in [5.74, 6) is -0.0517. The normalized spacial score (nSPS) is 16.7. The number of nitrogens with one attached hydrogen (secondary N) is 2. The molecule has 5 nitrogen and oxygen atoms in total. The van der Waals surface area contributed by atoms with Crippen LogP contribution in [-0.4, -0.2) is 38.0 Å². The Morgan fingerprint density at radius 2 is 1.81 bits per heavy atom. The molecule has 0 atom stereocenters. The summed E-state index contributed by atoms with van der Waals surface area (Å²) in [4.78, 5) is 31.4. The first-order valence-corrected chi connectivity index (χ1v) is 14.0. The van der Waals surface area contributed by atoms with E-state index < -0.39 is 0 Å². The van der Waals surface area contributed by atoms with E-state index in [2.05, 4.69) is 36.5 Å². The highest BCUT2D eigenvalue weighted by molar-refractivity contribution is 8.04. The highest BCUT2D eigenvalue weighted by Gasteiger charge is 2.29. The van der Waals surface area contributed by atoms with Crippen LogP contribution in [0.15, 0.2) is 82.6 Å². The number of rotatable bonds is 8. The van der Waals surface area contributed by atoms with Crippen molar-refractivity contribution in [2.75, 3.05) is 31.1 Å². The lowest BCUT2D eigenvalue weighted by atomic mass is 10.1. The van der Waals surface area contributed by atoms with Gasteiger partial charge in [-0.15, -0.1) is 0 Å². The molecule has 37 heavy (non-hydrogen) atoms. The van der Waals surface area contributed by atoms with E-state index in [9.17, 15) is 9.59 Å². The van der Waals surface area contributed by atoms with E-state index in [1.54, 1.807) is 4.90 Å². The molecule has 0 aliphatic carbocycles. The largest absolute Gasteiger partial charge is 0.352 e. The van der Waals surface area contributed by atoms with Gasteiger partial charge in [-0.25, -0.2) is 0 Å². The topological polar surface area (TPSA) is 53.9 Å². The van der Waals surface area contributed by atoms with Crippen LogP contribution in [0.1, 0.15) is 46.3 Å². The van der Waals surface area contributed by atoms with E-state index >= 15 is 0 Å². The van der Waals surface area contributed by atoms with E-state index in [1.807, 2.05) is 59.5 Å². The first-order chi connectivity index (χ1) is 18.1. The fraction of sp³-hybridized carbons (Fsp3) is 0.290. The second kappa shape index (κ2) is 11.8. The molecule has 0 aromatic heterocycles. The molecule has 0 spiro atoms. The van der Waals surface area contributed by atoms with Gasteiger partial charge in [0.05, 0.1) is 36.8 Å². The van der Waals surface area contributed by atoms with Gasteiger partial charge >= 0.3 is 0 Å². The zero-order valence-corrected chi connectivity index (χ0v) is 22.2. The fourth-order valence-corrected chi connectivity index (χ4v) is 6.12. The molecular weight excluding hydrogens is 478 g/mol. The third-order valence-corrected chi connectivity index (χ3v) is 8.11. The molecule has 0 unspecified atom stereocenters. The minimum atomic E-state index is -0.0444. The molecule has 2 N–H and O–H groups in total.